The van der Waals surface area contributed by atoms with Crippen molar-refractivity contribution < 1.29 is 9.32 Å². The Balaban J connectivity index is 1.66. The molecule has 3 heterocycles. The molecule has 1 amide bonds. The summed E-state index contributed by atoms with van der Waals surface area (Å²) in [6, 6.07) is 2.64. The molecule has 2 aromatic heterocycles. The number of nitrogens with two attached hydrogens (primary N) is 1. The van der Waals surface area contributed by atoms with Crippen molar-refractivity contribution in [1.29, 1.82) is 0 Å². The third kappa shape index (κ3) is 3.30. The molecular weight excluding hydrogens is 296 g/mol. The molecule has 1 saturated heterocycles. The highest BCUT2D eigenvalue weighted by atomic mass is 16.5. The van der Waals surface area contributed by atoms with Crippen LogP contribution in [-0.4, -0.2) is 39.1 Å². The maximum Gasteiger partial charge on any atom is 0.268 e. The van der Waals surface area contributed by atoms with E-state index in [2.05, 4.69) is 26.2 Å². The van der Waals surface area contributed by atoms with Crippen molar-refractivity contribution in [2.75, 3.05) is 18.0 Å². The minimum absolute atomic E-state index is 0.107. The van der Waals surface area contributed by atoms with Crippen LogP contribution in [0.15, 0.2) is 10.7 Å². The van der Waals surface area contributed by atoms with Gasteiger partial charge in [-0.2, -0.15) is 4.98 Å². The van der Waals surface area contributed by atoms with Crippen molar-refractivity contribution in [3.63, 3.8) is 0 Å². The number of carbonyl (C=O) groups is 1. The molecular formula is C15H19N6O2. The molecule has 1 aliphatic heterocycles. The van der Waals surface area contributed by atoms with Gasteiger partial charge in [0, 0.05) is 37.2 Å². The molecule has 0 unspecified atom stereocenters. The van der Waals surface area contributed by atoms with Crippen LogP contribution in [0.25, 0.3) is 0 Å². The summed E-state index contributed by atoms with van der Waals surface area (Å²) in [5.41, 5.74) is 5.34. The zero-order valence-corrected chi connectivity index (χ0v) is 13.2. The quantitative estimate of drug-likeness (QED) is 0.904. The fourth-order valence-electron chi connectivity index (χ4n) is 2.56. The van der Waals surface area contributed by atoms with Gasteiger partial charge in [-0.25, -0.2) is 9.97 Å². The first kappa shape index (κ1) is 15.4. The normalized spacial score (nSPS) is 16.0. The van der Waals surface area contributed by atoms with Crippen LogP contribution in [-0.2, 0) is 0 Å². The third-order valence-electron chi connectivity index (χ3n) is 3.93. The molecule has 23 heavy (non-hydrogen) atoms. The Labute approximate surface area is 134 Å². The van der Waals surface area contributed by atoms with Gasteiger partial charge in [-0.05, 0) is 12.8 Å². The smallest absolute Gasteiger partial charge is 0.268 e. The topological polar surface area (TPSA) is 111 Å². The number of piperidine rings is 1. The molecule has 1 radical (unpaired) electrons. The number of aromatic nitrogens is 4. The number of amides is 1. The molecule has 0 aliphatic carbocycles. The largest absolute Gasteiger partial charge is 0.364 e. The summed E-state index contributed by atoms with van der Waals surface area (Å²) in [4.78, 5) is 26.0. The second kappa shape index (κ2) is 6.31. The van der Waals surface area contributed by atoms with E-state index in [1.807, 2.05) is 18.7 Å². The standard InChI is InChI=1S/C15H19N6O2/c1-9(2)13-19-14(23-20-13)10-4-7-21(8-5-10)15-17-6-3-11(18-15)12(16)22/h6,9-10H,4-5,7-8H2,1-2H3,(H2,16,22). The predicted molar refractivity (Wildman–Crippen MR) is 82.0 cm³/mol. The highest BCUT2D eigenvalue weighted by Crippen LogP contribution is 2.29. The van der Waals surface area contributed by atoms with E-state index < -0.39 is 5.91 Å². The summed E-state index contributed by atoms with van der Waals surface area (Å²) in [5, 5.41) is 4.02. The van der Waals surface area contributed by atoms with E-state index in [0.29, 0.717) is 11.8 Å². The predicted octanol–water partition coefficient (Wildman–Crippen LogP) is 1.27. The number of carbonyl (C=O) groups excluding carboxylic acids is 1. The molecule has 0 aromatic carbocycles. The third-order valence-corrected chi connectivity index (χ3v) is 3.93. The van der Waals surface area contributed by atoms with Crippen molar-refractivity contribution in [2.45, 2.75) is 38.5 Å². The molecule has 0 bridgehead atoms. The first-order valence-corrected chi connectivity index (χ1v) is 7.67. The molecule has 2 N–H and O–H groups in total. The Bertz CT molecular complexity index is 691. The van der Waals surface area contributed by atoms with Crippen LogP contribution in [0.2, 0.25) is 0 Å². The Kier molecular flexibility index (Phi) is 4.22. The number of anilines is 1. The van der Waals surface area contributed by atoms with E-state index in [4.69, 9.17) is 10.3 Å². The first-order valence-electron chi connectivity index (χ1n) is 7.67. The molecule has 0 spiro atoms. The van der Waals surface area contributed by atoms with Crippen LogP contribution in [0.4, 0.5) is 5.95 Å². The van der Waals surface area contributed by atoms with Gasteiger partial charge in [-0.1, -0.05) is 19.0 Å². The summed E-state index contributed by atoms with van der Waals surface area (Å²) in [6.07, 6.45) is 3.17. The van der Waals surface area contributed by atoms with Gasteiger partial charge < -0.3 is 15.2 Å². The summed E-state index contributed by atoms with van der Waals surface area (Å²) in [5.74, 6) is 1.86. The van der Waals surface area contributed by atoms with Gasteiger partial charge in [-0.3, -0.25) is 4.79 Å². The van der Waals surface area contributed by atoms with Crippen LogP contribution in [0, 0.1) is 6.07 Å². The van der Waals surface area contributed by atoms with Crippen LogP contribution in [0.1, 0.15) is 60.7 Å². The van der Waals surface area contributed by atoms with Gasteiger partial charge in [0.05, 0.1) is 0 Å². The molecule has 0 saturated carbocycles. The molecule has 8 nitrogen and oxygen atoms in total. The SMILES string of the molecule is CC(C)c1noc(C2CCN(c3nc[c]c(C(N)=O)n3)CC2)n1. The summed E-state index contributed by atoms with van der Waals surface area (Å²) >= 11 is 0. The molecule has 0 atom stereocenters. The highest BCUT2D eigenvalue weighted by Gasteiger charge is 2.27. The van der Waals surface area contributed by atoms with Crippen LogP contribution >= 0.6 is 0 Å². The lowest BCUT2D eigenvalue weighted by molar-refractivity contribution is 0.0995. The monoisotopic (exact) mass is 315 g/mol. The summed E-state index contributed by atoms with van der Waals surface area (Å²) < 4.78 is 5.38. The molecule has 8 heteroatoms. The average molecular weight is 315 g/mol. The zero-order chi connectivity index (χ0) is 16.4. The van der Waals surface area contributed by atoms with E-state index in [-0.39, 0.29) is 17.5 Å². The van der Waals surface area contributed by atoms with E-state index in [0.717, 1.165) is 31.8 Å². The zero-order valence-electron chi connectivity index (χ0n) is 13.2. The van der Waals surface area contributed by atoms with Crippen LogP contribution in [0.3, 0.4) is 0 Å². The minimum Gasteiger partial charge on any atom is -0.364 e. The van der Waals surface area contributed by atoms with Crippen molar-refractivity contribution in [3.05, 3.63) is 29.7 Å². The fraction of sp³-hybridized carbons (Fsp3) is 0.533. The Morgan fingerprint density at radius 1 is 1.39 bits per heavy atom. The van der Waals surface area contributed by atoms with Crippen molar-refractivity contribution in [1.82, 2.24) is 20.1 Å². The van der Waals surface area contributed by atoms with E-state index in [9.17, 15) is 4.79 Å². The van der Waals surface area contributed by atoms with Crippen molar-refractivity contribution in [2.24, 2.45) is 5.73 Å². The molecule has 121 valence electrons. The Morgan fingerprint density at radius 2 is 2.13 bits per heavy atom. The lowest BCUT2D eigenvalue weighted by Crippen LogP contribution is -2.34. The maximum absolute atomic E-state index is 11.2. The molecule has 1 aliphatic rings. The van der Waals surface area contributed by atoms with E-state index in [1.54, 1.807) is 0 Å². The first-order chi connectivity index (χ1) is 11.0. The summed E-state index contributed by atoms with van der Waals surface area (Å²) in [6.45, 7) is 5.59. The van der Waals surface area contributed by atoms with Gasteiger partial charge in [0.15, 0.2) is 5.82 Å². The number of hydrogen-bond donors (Lipinski definition) is 1. The van der Waals surface area contributed by atoms with Gasteiger partial charge >= 0.3 is 0 Å². The fourth-order valence-corrected chi connectivity index (χ4v) is 2.56. The lowest BCUT2D eigenvalue weighted by Gasteiger charge is -2.30. The lowest BCUT2D eigenvalue weighted by atomic mass is 9.97. The molecule has 2 aromatic rings. The van der Waals surface area contributed by atoms with E-state index >= 15 is 0 Å². The van der Waals surface area contributed by atoms with Gasteiger partial charge in [0.25, 0.3) is 5.91 Å². The van der Waals surface area contributed by atoms with E-state index in [1.165, 1.54) is 6.20 Å². The van der Waals surface area contributed by atoms with Crippen LogP contribution in [0.5, 0.6) is 0 Å². The van der Waals surface area contributed by atoms with Crippen molar-refractivity contribution in [3.8, 4) is 0 Å². The second-order valence-electron chi connectivity index (χ2n) is 5.93. The molecule has 3 rings (SSSR count). The number of rotatable bonds is 4. The second-order valence-corrected chi connectivity index (χ2v) is 5.93. The van der Waals surface area contributed by atoms with Gasteiger partial charge in [0.2, 0.25) is 11.8 Å². The number of nitrogens with zero attached hydrogens (tertiary/aromatic N) is 5. The van der Waals surface area contributed by atoms with Crippen LogP contribution < -0.4 is 10.6 Å². The Hall–Kier alpha value is -2.51. The molecule has 1 fully saturated rings. The summed E-state index contributed by atoms with van der Waals surface area (Å²) in [7, 11) is 0. The van der Waals surface area contributed by atoms with Gasteiger partial charge in [-0.15, -0.1) is 0 Å². The number of hydrogen-bond acceptors (Lipinski definition) is 7. The Morgan fingerprint density at radius 3 is 2.74 bits per heavy atom. The average Bonchev–Trinajstić information content (AvgIpc) is 3.05. The number of primary amides is 1. The minimum atomic E-state index is -0.601. The van der Waals surface area contributed by atoms with Gasteiger partial charge in [0.1, 0.15) is 5.69 Å². The highest BCUT2D eigenvalue weighted by molar-refractivity contribution is 5.90. The maximum atomic E-state index is 11.2. The van der Waals surface area contributed by atoms with Crippen molar-refractivity contribution >= 4 is 11.9 Å².